The van der Waals surface area contributed by atoms with Gasteiger partial charge in [-0.05, 0) is 17.7 Å². The molecule has 0 aromatic heterocycles. The number of benzene rings is 2. The van der Waals surface area contributed by atoms with Gasteiger partial charge in [0.15, 0.2) is 0 Å². The van der Waals surface area contributed by atoms with Gasteiger partial charge in [-0.15, -0.1) is 0 Å². The number of fused-ring (bicyclic) bond motifs is 1. The van der Waals surface area contributed by atoms with Crippen LogP contribution in [0, 0.1) is 5.82 Å². The fraction of sp³-hybridized carbons (Fsp3) is 0.263. The number of anilines is 1. The van der Waals surface area contributed by atoms with Gasteiger partial charge in [-0.3, -0.25) is 14.5 Å². The Bertz CT molecular complexity index is 775. The fourth-order valence-corrected chi connectivity index (χ4v) is 3.02. The molecule has 0 saturated carbocycles. The third-order valence-corrected chi connectivity index (χ3v) is 4.26. The molecular formula is C19H19FN2O2. The van der Waals surface area contributed by atoms with Gasteiger partial charge in [0.05, 0.1) is 0 Å². The van der Waals surface area contributed by atoms with Crippen molar-refractivity contribution >= 4 is 17.5 Å². The topological polar surface area (TPSA) is 49.4 Å². The number of carbonyl (C=O) groups excluding carboxylic acids is 2. The van der Waals surface area contributed by atoms with Crippen LogP contribution >= 0.6 is 0 Å². The zero-order chi connectivity index (χ0) is 17.1. The van der Waals surface area contributed by atoms with Crippen LogP contribution in [-0.2, 0) is 22.6 Å². The first kappa shape index (κ1) is 16.2. The second kappa shape index (κ2) is 6.83. The molecule has 3 rings (SSSR count). The average molecular weight is 326 g/mol. The summed E-state index contributed by atoms with van der Waals surface area (Å²) in [6.45, 7) is 1.88. The normalized spacial score (nSPS) is 15.9. The molecule has 0 saturated heterocycles. The Kier molecular flexibility index (Phi) is 4.60. The minimum atomic E-state index is -0.582. The van der Waals surface area contributed by atoms with Gasteiger partial charge in [0.1, 0.15) is 11.9 Å². The molecule has 1 aliphatic rings. The van der Waals surface area contributed by atoms with E-state index >= 15 is 0 Å². The molecule has 1 N–H and O–H groups in total. The van der Waals surface area contributed by atoms with E-state index in [9.17, 15) is 14.0 Å². The van der Waals surface area contributed by atoms with Crippen molar-refractivity contribution in [2.75, 3.05) is 4.90 Å². The third kappa shape index (κ3) is 3.02. The molecule has 0 aliphatic carbocycles. The minimum Gasteiger partial charge on any atom is -0.350 e. The summed E-state index contributed by atoms with van der Waals surface area (Å²) in [6, 6.07) is 13.3. The Balaban J connectivity index is 1.77. The molecule has 0 bridgehead atoms. The summed E-state index contributed by atoms with van der Waals surface area (Å²) in [4.78, 5) is 26.5. The highest BCUT2D eigenvalue weighted by Crippen LogP contribution is 2.32. The lowest BCUT2D eigenvalue weighted by atomic mass is 10.1. The summed E-state index contributed by atoms with van der Waals surface area (Å²) in [7, 11) is 0. The molecular weight excluding hydrogens is 307 g/mol. The van der Waals surface area contributed by atoms with Crippen LogP contribution in [0.25, 0.3) is 0 Å². The van der Waals surface area contributed by atoms with Crippen LogP contribution in [0.2, 0.25) is 0 Å². The molecule has 0 radical (unpaired) electrons. The molecule has 4 nitrogen and oxygen atoms in total. The van der Waals surface area contributed by atoms with E-state index in [-0.39, 0.29) is 24.2 Å². The molecule has 1 aliphatic heterocycles. The zero-order valence-corrected chi connectivity index (χ0v) is 13.5. The van der Waals surface area contributed by atoms with Crippen LogP contribution in [0.15, 0.2) is 48.5 Å². The number of nitrogens with one attached hydrogen (secondary N) is 1. The first-order chi connectivity index (χ1) is 11.6. The lowest BCUT2D eigenvalue weighted by molar-refractivity contribution is -0.126. The van der Waals surface area contributed by atoms with Crippen molar-refractivity contribution in [1.29, 1.82) is 0 Å². The first-order valence-corrected chi connectivity index (χ1v) is 8.03. The Morgan fingerprint density at radius 1 is 1.17 bits per heavy atom. The van der Waals surface area contributed by atoms with E-state index in [0.29, 0.717) is 18.4 Å². The second-order valence-corrected chi connectivity index (χ2v) is 5.78. The maximum atomic E-state index is 13.7. The molecule has 0 unspecified atom stereocenters. The van der Waals surface area contributed by atoms with Crippen molar-refractivity contribution in [1.82, 2.24) is 5.32 Å². The van der Waals surface area contributed by atoms with Crippen LogP contribution in [0.4, 0.5) is 10.1 Å². The molecule has 2 amide bonds. The summed E-state index contributed by atoms with van der Waals surface area (Å²) in [5.74, 6) is -0.712. The van der Waals surface area contributed by atoms with Gasteiger partial charge in [-0.1, -0.05) is 43.3 Å². The quantitative estimate of drug-likeness (QED) is 0.939. The highest BCUT2D eigenvalue weighted by Gasteiger charge is 2.37. The van der Waals surface area contributed by atoms with E-state index in [4.69, 9.17) is 0 Å². The SMILES string of the molecule is CCC(=O)N1c2ccccc2C[C@@H]1C(=O)NCc1ccccc1F. The largest absolute Gasteiger partial charge is 0.350 e. The zero-order valence-electron chi connectivity index (χ0n) is 13.5. The minimum absolute atomic E-state index is 0.0917. The molecule has 2 aromatic carbocycles. The van der Waals surface area contributed by atoms with Gasteiger partial charge >= 0.3 is 0 Å². The number of para-hydroxylation sites is 1. The van der Waals surface area contributed by atoms with Crippen molar-refractivity contribution in [2.24, 2.45) is 0 Å². The lowest BCUT2D eigenvalue weighted by Gasteiger charge is -2.24. The number of hydrogen-bond donors (Lipinski definition) is 1. The Labute approximate surface area is 140 Å². The highest BCUT2D eigenvalue weighted by molar-refractivity contribution is 6.03. The predicted octanol–water partition coefficient (Wildman–Crippen LogP) is 2.81. The molecule has 124 valence electrons. The average Bonchev–Trinajstić information content (AvgIpc) is 2.99. The first-order valence-electron chi connectivity index (χ1n) is 8.03. The van der Waals surface area contributed by atoms with Gasteiger partial charge in [0.2, 0.25) is 11.8 Å². The lowest BCUT2D eigenvalue weighted by Crippen LogP contribution is -2.47. The Hall–Kier alpha value is -2.69. The molecule has 0 fully saturated rings. The van der Waals surface area contributed by atoms with E-state index in [2.05, 4.69) is 5.32 Å². The summed E-state index contributed by atoms with van der Waals surface area (Å²) in [5.41, 5.74) is 2.19. The van der Waals surface area contributed by atoms with Gasteiger partial charge in [0, 0.05) is 30.6 Å². The standard InChI is InChI=1S/C19H19FN2O2/c1-2-18(23)22-16-10-6-4-7-13(16)11-17(22)19(24)21-12-14-8-3-5-9-15(14)20/h3-10,17H,2,11-12H2,1H3,(H,21,24)/t17-/m1/s1. The van der Waals surface area contributed by atoms with E-state index in [1.54, 1.807) is 30.0 Å². The second-order valence-electron chi connectivity index (χ2n) is 5.78. The number of nitrogens with zero attached hydrogens (tertiary/aromatic N) is 1. The van der Waals surface area contributed by atoms with Crippen LogP contribution in [0.1, 0.15) is 24.5 Å². The molecule has 2 aromatic rings. The third-order valence-electron chi connectivity index (χ3n) is 4.26. The molecule has 1 heterocycles. The molecule has 5 heteroatoms. The fourth-order valence-electron chi connectivity index (χ4n) is 3.02. The van der Waals surface area contributed by atoms with E-state index < -0.39 is 6.04 Å². The van der Waals surface area contributed by atoms with Gasteiger partial charge in [-0.25, -0.2) is 4.39 Å². The maximum Gasteiger partial charge on any atom is 0.243 e. The van der Waals surface area contributed by atoms with Crippen LogP contribution in [-0.4, -0.2) is 17.9 Å². The van der Waals surface area contributed by atoms with Crippen molar-refractivity contribution in [3.05, 3.63) is 65.5 Å². The van der Waals surface area contributed by atoms with E-state index in [1.165, 1.54) is 6.07 Å². The van der Waals surface area contributed by atoms with Crippen molar-refractivity contribution in [3.8, 4) is 0 Å². The maximum absolute atomic E-state index is 13.7. The van der Waals surface area contributed by atoms with Crippen LogP contribution < -0.4 is 10.2 Å². The smallest absolute Gasteiger partial charge is 0.243 e. The predicted molar refractivity (Wildman–Crippen MR) is 90.0 cm³/mol. The summed E-state index contributed by atoms with van der Waals surface area (Å²) in [6.07, 6.45) is 0.802. The Morgan fingerprint density at radius 2 is 1.88 bits per heavy atom. The van der Waals surface area contributed by atoms with Crippen LogP contribution in [0.5, 0.6) is 0 Å². The number of rotatable bonds is 4. The van der Waals surface area contributed by atoms with Gasteiger partial charge < -0.3 is 5.32 Å². The number of amides is 2. The van der Waals surface area contributed by atoms with Gasteiger partial charge in [-0.2, -0.15) is 0 Å². The number of hydrogen-bond acceptors (Lipinski definition) is 2. The van der Waals surface area contributed by atoms with E-state index in [0.717, 1.165) is 11.3 Å². The van der Waals surface area contributed by atoms with Crippen molar-refractivity contribution < 1.29 is 14.0 Å². The summed E-state index contributed by atoms with van der Waals surface area (Å²) in [5, 5.41) is 2.75. The number of carbonyl (C=O) groups is 2. The number of halogens is 1. The summed E-state index contributed by atoms with van der Waals surface area (Å²) < 4.78 is 13.7. The monoisotopic (exact) mass is 326 g/mol. The Morgan fingerprint density at radius 3 is 2.62 bits per heavy atom. The van der Waals surface area contributed by atoms with E-state index in [1.807, 2.05) is 24.3 Å². The van der Waals surface area contributed by atoms with Gasteiger partial charge in [0.25, 0.3) is 0 Å². The highest BCUT2D eigenvalue weighted by atomic mass is 19.1. The summed E-state index contributed by atoms with van der Waals surface area (Å²) >= 11 is 0. The van der Waals surface area contributed by atoms with Crippen molar-refractivity contribution in [2.45, 2.75) is 32.4 Å². The molecule has 0 spiro atoms. The van der Waals surface area contributed by atoms with Crippen LogP contribution in [0.3, 0.4) is 0 Å². The molecule has 24 heavy (non-hydrogen) atoms. The van der Waals surface area contributed by atoms with Crippen molar-refractivity contribution in [3.63, 3.8) is 0 Å². The molecule has 1 atom stereocenters.